The molecule has 1 amide bonds. The van der Waals surface area contributed by atoms with Gasteiger partial charge in [0.1, 0.15) is 0 Å². The van der Waals surface area contributed by atoms with E-state index in [4.69, 9.17) is 4.74 Å². The third kappa shape index (κ3) is 5.38. The molecule has 0 aromatic heterocycles. The number of nitrogens with zero attached hydrogens (tertiary/aromatic N) is 2. The predicted molar refractivity (Wildman–Crippen MR) is 96.6 cm³/mol. The van der Waals surface area contributed by atoms with Crippen LogP contribution in [0.3, 0.4) is 0 Å². The van der Waals surface area contributed by atoms with Crippen molar-refractivity contribution in [2.75, 3.05) is 45.9 Å². The van der Waals surface area contributed by atoms with Crippen molar-refractivity contribution in [3.63, 3.8) is 0 Å². The van der Waals surface area contributed by atoms with Gasteiger partial charge in [-0.25, -0.2) is 0 Å². The molecule has 1 aromatic carbocycles. The van der Waals surface area contributed by atoms with Gasteiger partial charge in [0.15, 0.2) is 5.78 Å². The average molecular weight is 344 g/mol. The lowest BCUT2D eigenvalue weighted by Gasteiger charge is -2.36. The van der Waals surface area contributed by atoms with Gasteiger partial charge < -0.3 is 9.64 Å². The first kappa shape index (κ1) is 18.1. The summed E-state index contributed by atoms with van der Waals surface area (Å²) < 4.78 is 5.39. The van der Waals surface area contributed by atoms with E-state index in [2.05, 4.69) is 4.90 Å². The van der Waals surface area contributed by atoms with Gasteiger partial charge >= 0.3 is 0 Å². The Labute approximate surface area is 149 Å². The Morgan fingerprint density at radius 1 is 0.960 bits per heavy atom. The number of morpholine rings is 1. The lowest BCUT2D eigenvalue weighted by atomic mass is 9.95. The summed E-state index contributed by atoms with van der Waals surface area (Å²) in [4.78, 5) is 28.9. The molecule has 0 N–H and O–H groups in total. The van der Waals surface area contributed by atoms with E-state index in [1.165, 1.54) is 0 Å². The Morgan fingerprint density at radius 3 is 2.32 bits per heavy atom. The fourth-order valence-electron chi connectivity index (χ4n) is 3.66. The number of hydrogen-bond donors (Lipinski definition) is 0. The Kier molecular flexibility index (Phi) is 6.59. The molecule has 1 aromatic rings. The largest absolute Gasteiger partial charge is 0.379 e. The smallest absolute Gasteiger partial charge is 0.223 e. The zero-order chi connectivity index (χ0) is 17.5. The third-order valence-corrected chi connectivity index (χ3v) is 5.25. The van der Waals surface area contributed by atoms with Crippen molar-refractivity contribution < 1.29 is 14.3 Å². The van der Waals surface area contributed by atoms with E-state index in [0.29, 0.717) is 24.3 Å². The highest BCUT2D eigenvalue weighted by atomic mass is 16.5. The summed E-state index contributed by atoms with van der Waals surface area (Å²) in [5, 5.41) is 0. The van der Waals surface area contributed by atoms with Gasteiger partial charge in [0.05, 0.1) is 13.2 Å². The minimum atomic E-state index is 0.0520. The maximum atomic E-state index is 12.4. The number of ketones is 1. The quantitative estimate of drug-likeness (QED) is 0.743. The highest BCUT2D eigenvalue weighted by Gasteiger charge is 2.25. The van der Waals surface area contributed by atoms with Crippen LogP contribution in [0, 0.1) is 5.92 Å². The van der Waals surface area contributed by atoms with E-state index < -0.39 is 0 Å². The van der Waals surface area contributed by atoms with Crippen molar-refractivity contribution in [2.45, 2.75) is 25.7 Å². The number of amides is 1. The highest BCUT2D eigenvalue weighted by molar-refractivity contribution is 5.97. The Bertz CT molecular complexity index is 562. The second-order valence-electron chi connectivity index (χ2n) is 7.03. The number of hydrogen-bond acceptors (Lipinski definition) is 4. The van der Waals surface area contributed by atoms with Crippen LogP contribution in [0.25, 0.3) is 0 Å². The summed E-state index contributed by atoms with van der Waals surface area (Å²) in [7, 11) is 0. The molecule has 0 spiro atoms. The molecule has 2 fully saturated rings. The molecule has 0 saturated carbocycles. The topological polar surface area (TPSA) is 49.9 Å². The van der Waals surface area contributed by atoms with Crippen molar-refractivity contribution in [1.82, 2.24) is 9.80 Å². The molecule has 136 valence electrons. The number of Topliss-reactive ketones (excluding diaryl/α,β-unsaturated/α-hetero) is 1. The molecule has 0 bridgehead atoms. The van der Waals surface area contributed by atoms with Gasteiger partial charge in [-0.2, -0.15) is 0 Å². The SMILES string of the molecule is O=C(CCC(=O)N1CCC(CN2CCOCC2)CC1)c1ccccc1. The molecule has 3 rings (SSSR count). The summed E-state index contributed by atoms with van der Waals surface area (Å²) in [5.74, 6) is 0.846. The van der Waals surface area contributed by atoms with Crippen molar-refractivity contribution in [1.29, 1.82) is 0 Å². The van der Waals surface area contributed by atoms with Gasteiger partial charge in [-0.3, -0.25) is 14.5 Å². The first-order chi connectivity index (χ1) is 12.2. The second kappa shape index (κ2) is 9.11. The number of likely N-dealkylation sites (tertiary alicyclic amines) is 1. The van der Waals surface area contributed by atoms with Crippen LogP contribution in [0.1, 0.15) is 36.0 Å². The minimum absolute atomic E-state index is 0.0520. The summed E-state index contributed by atoms with van der Waals surface area (Å²) >= 11 is 0. The molecule has 0 radical (unpaired) electrons. The monoisotopic (exact) mass is 344 g/mol. The third-order valence-electron chi connectivity index (χ3n) is 5.25. The number of benzene rings is 1. The van der Waals surface area contributed by atoms with Gasteiger partial charge in [-0.05, 0) is 18.8 Å². The van der Waals surface area contributed by atoms with E-state index >= 15 is 0 Å². The second-order valence-corrected chi connectivity index (χ2v) is 7.03. The summed E-state index contributed by atoms with van der Waals surface area (Å²) in [6.45, 7) is 6.51. The van der Waals surface area contributed by atoms with Crippen LogP contribution in [0.5, 0.6) is 0 Å². The van der Waals surface area contributed by atoms with Crippen molar-refractivity contribution in [2.24, 2.45) is 5.92 Å². The molecule has 2 saturated heterocycles. The van der Waals surface area contributed by atoms with Gasteiger partial charge in [0.2, 0.25) is 5.91 Å². The van der Waals surface area contributed by atoms with E-state index in [0.717, 1.165) is 58.8 Å². The first-order valence-electron chi connectivity index (χ1n) is 9.38. The predicted octanol–water partition coefficient (Wildman–Crippen LogP) is 2.22. The van der Waals surface area contributed by atoms with Gasteiger partial charge in [0, 0.05) is 51.1 Å². The van der Waals surface area contributed by atoms with E-state index in [-0.39, 0.29) is 11.7 Å². The van der Waals surface area contributed by atoms with Crippen molar-refractivity contribution in [3.05, 3.63) is 35.9 Å². The van der Waals surface area contributed by atoms with Crippen molar-refractivity contribution in [3.8, 4) is 0 Å². The minimum Gasteiger partial charge on any atom is -0.379 e. The molecule has 0 atom stereocenters. The van der Waals surface area contributed by atoms with E-state index in [9.17, 15) is 9.59 Å². The van der Waals surface area contributed by atoms with E-state index in [1.54, 1.807) is 0 Å². The van der Waals surface area contributed by atoms with Crippen LogP contribution in [-0.4, -0.2) is 67.4 Å². The van der Waals surface area contributed by atoms with Crippen LogP contribution in [0.2, 0.25) is 0 Å². The molecular formula is C20H28N2O3. The average Bonchev–Trinajstić information content (AvgIpc) is 2.68. The van der Waals surface area contributed by atoms with Gasteiger partial charge in [-0.15, -0.1) is 0 Å². The number of ether oxygens (including phenoxy) is 1. The maximum absolute atomic E-state index is 12.4. The highest BCUT2D eigenvalue weighted by Crippen LogP contribution is 2.20. The van der Waals surface area contributed by atoms with Gasteiger partial charge in [-0.1, -0.05) is 30.3 Å². The zero-order valence-corrected chi connectivity index (χ0v) is 14.9. The normalized spacial score (nSPS) is 19.8. The Hall–Kier alpha value is -1.72. The number of rotatable bonds is 6. The van der Waals surface area contributed by atoms with Crippen LogP contribution >= 0.6 is 0 Å². The number of carbonyl (C=O) groups is 2. The zero-order valence-electron chi connectivity index (χ0n) is 14.9. The van der Waals surface area contributed by atoms with E-state index in [1.807, 2.05) is 35.2 Å². The summed E-state index contributed by atoms with van der Waals surface area (Å²) in [5.41, 5.74) is 0.694. The molecular weight excluding hydrogens is 316 g/mol. The molecule has 25 heavy (non-hydrogen) atoms. The Balaban J connectivity index is 1.37. The number of carbonyl (C=O) groups excluding carboxylic acids is 2. The van der Waals surface area contributed by atoms with Crippen LogP contribution in [0.15, 0.2) is 30.3 Å². The maximum Gasteiger partial charge on any atom is 0.223 e. The molecule has 5 nitrogen and oxygen atoms in total. The molecule has 5 heteroatoms. The van der Waals surface area contributed by atoms with Gasteiger partial charge in [0.25, 0.3) is 0 Å². The van der Waals surface area contributed by atoms with Crippen LogP contribution in [-0.2, 0) is 9.53 Å². The lowest BCUT2D eigenvalue weighted by Crippen LogP contribution is -2.44. The molecule has 2 heterocycles. The Morgan fingerprint density at radius 2 is 1.64 bits per heavy atom. The fourth-order valence-corrected chi connectivity index (χ4v) is 3.66. The molecule has 0 aliphatic carbocycles. The standard InChI is InChI=1S/C20H28N2O3/c23-19(18-4-2-1-3-5-18)6-7-20(24)22-10-8-17(9-11-22)16-21-12-14-25-15-13-21/h1-5,17H,6-16H2. The molecule has 2 aliphatic heterocycles. The molecule has 2 aliphatic rings. The molecule has 0 unspecified atom stereocenters. The first-order valence-corrected chi connectivity index (χ1v) is 9.38. The fraction of sp³-hybridized carbons (Fsp3) is 0.600. The number of piperidine rings is 1. The van der Waals surface area contributed by atoms with Crippen molar-refractivity contribution >= 4 is 11.7 Å². The van der Waals surface area contributed by atoms with Crippen LogP contribution in [0.4, 0.5) is 0 Å². The lowest BCUT2D eigenvalue weighted by molar-refractivity contribution is -0.132. The van der Waals surface area contributed by atoms with Crippen LogP contribution < -0.4 is 0 Å². The summed E-state index contributed by atoms with van der Waals surface area (Å²) in [6.07, 6.45) is 2.75. The summed E-state index contributed by atoms with van der Waals surface area (Å²) in [6, 6.07) is 9.22.